The Labute approximate surface area is 94.1 Å². The number of hydrogen-bond donors (Lipinski definition) is 1. The monoisotopic (exact) mass is 208 g/mol. The number of nitriles is 1. The van der Waals surface area contributed by atoms with Gasteiger partial charge in [0.25, 0.3) is 0 Å². The zero-order valence-corrected chi connectivity index (χ0v) is 10.4. The van der Waals surface area contributed by atoms with Gasteiger partial charge >= 0.3 is 0 Å². The molecule has 1 aliphatic carbocycles. The lowest BCUT2D eigenvalue weighted by molar-refractivity contribution is 0.156. The van der Waals surface area contributed by atoms with E-state index in [1.54, 1.807) is 0 Å². The van der Waals surface area contributed by atoms with Crippen molar-refractivity contribution < 1.29 is 0 Å². The highest BCUT2D eigenvalue weighted by molar-refractivity contribution is 4.91. The van der Waals surface area contributed by atoms with Gasteiger partial charge in [0.1, 0.15) is 0 Å². The summed E-state index contributed by atoms with van der Waals surface area (Å²) in [7, 11) is 0. The van der Waals surface area contributed by atoms with Gasteiger partial charge in [-0.3, -0.25) is 0 Å². The van der Waals surface area contributed by atoms with E-state index in [-0.39, 0.29) is 5.41 Å². The standard InChI is InChI=1S/C13H24N2/c1-12(2,10-14)6-5-9-15-11-13(3)7-4-8-13/h15H,4-9,11H2,1-3H3. The summed E-state index contributed by atoms with van der Waals surface area (Å²) < 4.78 is 0. The topological polar surface area (TPSA) is 35.8 Å². The average molecular weight is 208 g/mol. The van der Waals surface area contributed by atoms with Crippen LogP contribution in [0.3, 0.4) is 0 Å². The molecule has 0 amide bonds. The molecular formula is C13H24N2. The summed E-state index contributed by atoms with van der Waals surface area (Å²) in [5.41, 5.74) is 0.423. The first-order chi connectivity index (χ1) is 6.97. The van der Waals surface area contributed by atoms with Gasteiger partial charge in [-0.25, -0.2) is 0 Å². The lowest BCUT2D eigenvalue weighted by atomic mass is 9.70. The molecule has 0 radical (unpaired) electrons. The molecule has 0 atom stereocenters. The SMILES string of the molecule is CC(C)(C#N)CCCNCC1(C)CCC1. The summed E-state index contributed by atoms with van der Waals surface area (Å²) in [4.78, 5) is 0. The van der Waals surface area contributed by atoms with Gasteiger partial charge in [0.15, 0.2) is 0 Å². The van der Waals surface area contributed by atoms with Crippen LogP contribution >= 0.6 is 0 Å². The Hall–Kier alpha value is -0.550. The van der Waals surface area contributed by atoms with Gasteiger partial charge in [-0.1, -0.05) is 13.3 Å². The van der Waals surface area contributed by atoms with Gasteiger partial charge in [0.2, 0.25) is 0 Å². The Morgan fingerprint density at radius 1 is 1.40 bits per heavy atom. The minimum Gasteiger partial charge on any atom is -0.316 e. The van der Waals surface area contributed by atoms with Crippen LogP contribution in [0, 0.1) is 22.2 Å². The molecule has 0 unspecified atom stereocenters. The first-order valence-corrected chi connectivity index (χ1v) is 6.09. The van der Waals surface area contributed by atoms with Crippen LogP contribution in [0.4, 0.5) is 0 Å². The van der Waals surface area contributed by atoms with E-state index in [2.05, 4.69) is 18.3 Å². The number of nitrogens with one attached hydrogen (secondary N) is 1. The first-order valence-electron chi connectivity index (χ1n) is 6.09. The highest BCUT2D eigenvalue weighted by Crippen LogP contribution is 2.39. The summed E-state index contributed by atoms with van der Waals surface area (Å²) in [6, 6.07) is 2.34. The van der Waals surface area contributed by atoms with Gasteiger partial charge in [-0.2, -0.15) is 5.26 Å². The van der Waals surface area contributed by atoms with Crippen molar-refractivity contribution in [1.82, 2.24) is 5.32 Å². The van der Waals surface area contributed by atoms with Crippen molar-refractivity contribution in [2.75, 3.05) is 13.1 Å². The third-order valence-electron chi connectivity index (χ3n) is 3.57. The van der Waals surface area contributed by atoms with Gasteiger partial charge in [-0.15, -0.1) is 0 Å². The molecule has 0 aromatic rings. The van der Waals surface area contributed by atoms with Crippen LogP contribution in [0.25, 0.3) is 0 Å². The number of nitrogens with zero attached hydrogens (tertiary/aromatic N) is 1. The normalized spacial score (nSPS) is 19.3. The van der Waals surface area contributed by atoms with Crippen molar-refractivity contribution in [3.05, 3.63) is 0 Å². The first kappa shape index (κ1) is 12.5. The summed E-state index contributed by atoms with van der Waals surface area (Å²) >= 11 is 0. The van der Waals surface area contributed by atoms with Crippen LogP contribution in [-0.2, 0) is 0 Å². The van der Waals surface area contributed by atoms with Crippen molar-refractivity contribution in [2.45, 2.75) is 52.9 Å². The molecule has 0 aliphatic heterocycles. The van der Waals surface area contributed by atoms with Crippen LogP contribution < -0.4 is 5.32 Å². The lowest BCUT2D eigenvalue weighted by Crippen LogP contribution is -2.37. The fourth-order valence-electron chi connectivity index (χ4n) is 2.06. The minimum atomic E-state index is -0.151. The Balaban J connectivity index is 2.00. The quantitative estimate of drug-likeness (QED) is 0.681. The second kappa shape index (κ2) is 4.99. The predicted molar refractivity (Wildman–Crippen MR) is 63.5 cm³/mol. The van der Waals surface area contributed by atoms with E-state index >= 15 is 0 Å². The molecule has 86 valence electrons. The average Bonchev–Trinajstić information content (AvgIpc) is 2.14. The molecule has 0 heterocycles. The highest BCUT2D eigenvalue weighted by Gasteiger charge is 2.30. The van der Waals surface area contributed by atoms with Gasteiger partial charge in [0.05, 0.1) is 11.5 Å². The van der Waals surface area contributed by atoms with E-state index < -0.39 is 0 Å². The van der Waals surface area contributed by atoms with E-state index in [1.165, 1.54) is 19.3 Å². The molecule has 1 saturated carbocycles. The zero-order chi connectivity index (χ0) is 11.4. The van der Waals surface area contributed by atoms with E-state index in [9.17, 15) is 0 Å². The van der Waals surface area contributed by atoms with Crippen molar-refractivity contribution in [3.8, 4) is 6.07 Å². The third kappa shape index (κ3) is 4.22. The fourth-order valence-corrected chi connectivity index (χ4v) is 2.06. The Bertz CT molecular complexity index is 233. The molecule has 0 bridgehead atoms. The van der Waals surface area contributed by atoms with Crippen LogP contribution in [0.2, 0.25) is 0 Å². The summed E-state index contributed by atoms with van der Waals surface area (Å²) in [6.45, 7) is 8.60. The van der Waals surface area contributed by atoms with Gasteiger partial charge in [-0.05, 0) is 51.5 Å². The van der Waals surface area contributed by atoms with E-state index in [0.717, 1.165) is 25.9 Å². The van der Waals surface area contributed by atoms with Crippen molar-refractivity contribution in [3.63, 3.8) is 0 Å². The molecule has 1 fully saturated rings. The zero-order valence-electron chi connectivity index (χ0n) is 10.4. The molecule has 1 aliphatic rings. The molecule has 0 aromatic carbocycles. The van der Waals surface area contributed by atoms with Crippen molar-refractivity contribution >= 4 is 0 Å². The summed E-state index contributed by atoms with van der Waals surface area (Å²) in [5.74, 6) is 0. The largest absolute Gasteiger partial charge is 0.316 e. The Kier molecular flexibility index (Phi) is 4.16. The molecule has 0 spiro atoms. The molecule has 1 rings (SSSR count). The Morgan fingerprint density at radius 3 is 2.53 bits per heavy atom. The molecule has 2 heteroatoms. The van der Waals surface area contributed by atoms with Gasteiger partial charge < -0.3 is 5.32 Å². The van der Waals surface area contributed by atoms with Crippen LogP contribution in [-0.4, -0.2) is 13.1 Å². The smallest absolute Gasteiger partial charge is 0.0683 e. The third-order valence-corrected chi connectivity index (χ3v) is 3.57. The highest BCUT2D eigenvalue weighted by atomic mass is 14.9. The van der Waals surface area contributed by atoms with Crippen LogP contribution in [0.5, 0.6) is 0 Å². The molecular weight excluding hydrogens is 184 g/mol. The minimum absolute atomic E-state index is 0.151. The second-order valence-electron chi connectivity index (χ2n) is 5.94. The van der Waals surface area contributed by atoms with E-state index in [4.69, 9.17) is 5.26 Å². The molecule has 2 nitrogen and oxygen atoms in total. The van der Waals surface area contributed by atoms with E-state index in [0.29, 0.717) is 5.41 Å². The molecule has 0 saturated heterocycles. The van der Waals surface area contributed by atoms with Crippen molar-refractivity contribution in [1.29, 1.82) is 5.26 Å². The summed E-state index contributed by atoms with van der Waals surface area (Å²) in [5, 5.41) is 12.4. The number of hydrogen-bond acceptors (Lipinski definition) is 2. The van der Waals surface area contributed by atoms with Gasteiger partial charge in [0, 0.05) is 6.54 Å². The molecule has 1 N–H and O–H groups in total. The molecule has 0 aromatic heterocycles. The second-order valence-corrected chi connectivity index (χ2v) is 5.94. The van der Waals surface area contributed by atoms with E-state index in [1.807, 2.05) is 13.8 Å². The maximum atomic E-state index is 8.86. The fraction of sp³-hybridized carbons (Fsp3) is 0.923. The molecule has 15 heavy (non-hydrogen) atoms. The lowest BCUT2D eigenvalue weighted by Gasteiger charge is -2.38. The maximum Gasteiger partial charge on any atom is 0.0683 e. The maximum absolute atomic E-state index is 8.86. The number of rotatable bonds is 6. The summed E-state index contributed by atoms with van der Waals surface area (Å²) in [6.07, 6.45) is 6.26. The Morgan fingerprint density at radius 2 is 2.07 bits per heavy atom. The van der Waals surface area contributed by atoms with Crippen LogP contribution in [0.1, 0.15) is 52.9 Å². The van der Waals surface area contributed by atoms with Crippen molar-refractivity contribution in [2.24, 2.45) is 10.8 Å². The van der Waals surface area contributed by atoms with Crippen LogP contribution in [0.15, 0.2) is 0 Å². The predicted octanol–water partition coefficient (Wildman–Crippen LogP) is 3.10.